The Morgan fingerprint density at radius 3 is 2.89 bits per heavy atom. The lowest BCUT2D eigenvalue weighted by atomic mass is 10.0. The van der Waals surface area contributed by atoms with E-state index in [1.807, 2.05) is 12.1 Å². The summed E-state index contributed by atoms with van der Waals surface area (Å²) in [6.07, 6.45) is 3.98. The van der Waals surface area contributed by atoms with Crippen molar-refractivity contribution in [2.75, 3.05) is 13.2 Å². The highest BCUT2D eigenvalue weighted by atomic mass is 16.3. The fourth-order valence-electron chi connectivity index (χ4n) is 2.33. The van der Waals surface area contributed by atoms with Crippen molar-refractivity contribution in [3.8, 4) is 0 Å². The lowest BCUT2D eigenvalue weighted by Gasteiger charge is -2.39. The van der Waals surface area contributed by atoms with E-state index in [0.717, 1.165) is 5.56 Å². The van der Waals surface area contributed by atoms with Gasteiger partial charge in [-0.2, -0.15) is 0 Å². The second kappa shape index (κ2) is 5.93. The van der Waals surface area contributed by atoms with Gasteiger partial charge in [-0.3, -0.25) is 14.7 Å². The van der Waals surface area contributed by atoms with Crippen molar-refractivity contribution in [2.24, 2.45) is 0 Å². The highest BCUT2D eigenvalue weighted by Gasteiger charge is 2.33. The van der Waals surface area contributed by atoms with Gasteiger partial charge in [0.1, 0.15) is 0 Å². The van der Waals surface area contributed by atoms with E-state index in [1.54, 1.807) is 12.4 Å². The average Bonchev–Trinajstić information content (AvgIpc) is 2.39. The van der Waals surface area contributed by atoms with Gasteiger partial charge in [-0.25, -0.2) is 0 Å². The molecule has 0 aliphatic carbocycles. The highest BCUT2D eigenvalue weighted by molar-refractivity contribution is 5.82. The van der Waals surface area contributed by atoms with Crippen LogP contribution in [-0.2, 0) is 11.3 Å². The zero-order chi connectivity index (χ0) is 13.0. The first kappa shape index (κ1) is 13.0. The standard InChI is InChI=1S/C13H19N3O2/c1-10-8-15-13(18)12(4-7-17)16(10)9-11-2-5-14-6-3-11/h2-3,5-6,10,12,17H,4,7-9H2,1H3,(H,15,18). The SMILES string of the molecule is CC1CNC(=O)C(CCO)N1Cc1ccncc1. The summed E-state index contributed by atoms with van der Waals surface area (Å²) in [7, 11) is 0. The number of aromatic nitrogens is 1. The molecule has 1 fully saturated rings. The maximum absolute atomic E-state index is 11.9. The summed E-state index contributed by atoms with van der Waals surface area (Å²) in [6, 6.07) is 3.93. The summed E-state index contributed by atoms with van der Waals surface area (Å²) in [5.74, 6) is 0.0104. The Morgan fingerprint density at radius 2 is 2.22 bits per heavy atom. The van der Waals surface area contributed by atoms with Gasteiger partial charge in [0.15, 0.2) is 0 Å². The first-order valence-electron chi connectivity index (χ1n) is 6.25. The minimum absolute atomic E-state index is 0.0104. The Balaban J connectivity index is 2.13. The molecule has 2 atom stereocenters. The van der Waals surface area contributed by atoms with E-state index in [0.29, 0.717) is 19.5 Å². The summed E-state index contributed by atoms with van der Waals surface area (Å²) in [4.78, 5) is 18.0. The molecule has 1 aliphatic rings. The van der Waals surface area contributed by atoms with Crippen LogP contribution in [0.4, 0.5) is 0 Å². The van der Waals surface area contributed by atoms with E-state index < -0.39 is 0 Å². The Hall–Kier alpha value is -1.46. The molecule has 1 amide bonds. The lowest BCUT2D eigenvalue weighted by molar-refractivity contribution is -0.132. The zero-order valence-electron chi connectivity index (χ0n) is 10.5. The second-order valence-corrected chi connectivity index (χ2v) is 4.65. The fraction of sp³-hybridized carbons (Fsp3) is 0.538. The van der Waals surface area contributed by atoms with E-state index in [4.69, 9.17) is 5.11 Å². The number of nitrogens with one attached hydrogen (secondary N) is 1. The van der Waals surface area contributed by atoms with Gasteiger partial charge in [0.25, 0.3) is 0 Å². The van der Waals surface area contributed by atoms with Crippen LogP contribution < -0.4 is 5.32 Å². The molecular weight excluding hydrogens is 230 g/mol. The van der Waals surface area contributed by atoms with E-state index >= 15 is 0 Å². The second-order valence-electron chi connectivity index (χ2n) is 4.65. The molecule has 1 aromatic heterocycles. The number of aliphatic hydroxyl groups excluding tert-OH is 1. The predicted octanol–water partition coefficient (Wildman–Crippen LogP) is 0.153. The minimum atomic E-state index is -0.244. The van der Waals surface area contributed by atoms with Gasteiger partial charge in [-0.1, -0.05) is 0 Å². The molecule has 1 saturated heterocycles. The average molecular weight is 249 g/mol. The van der Waals surface area contributed by atoms with Gasteiger partial charge >= 0.3 is 0 Å². The van der Waals surface area contributed by atoms with Crippen LogP contribution >= 0.6 is 0 Å². The fourth-order valence-corrected chi connectivity index (χ4v) is 2.33. The summed E-state index contributed by atoms with van der Waals surface area (Å²) >= 11 is 0. The third-order valence-electron chi connectivity index (χ3n) is 3.36. The first-order chi connectivity index (χ1) is 8.72. The monoisotopic (exact) mass is 249 g/mol. The number of hydrogen-bond acceptors (Lipinski definition) is 4. The van der Waals surface area contributed by atoms with Gasteiger partial charge in [-0.15, -0.1) is 0 Å². The van der Waals surface area contributed by atoms with E-state index in [9.17, 15) is 4.79 Å². The molecule has 2 N–H and O–H groups in total. The zero-order valence-corrected chi connectivity index (χ0v) is 10.5. The van der Waals surface area contributed by atoms with Crippen molar-refractivity contribution < 1.29 is 9.90 Å². The topological polar surface area (TPSA) is 65.5 Å². The number of piperazine rings is 1. The smallest absolute Gasteiger partial charge is 0.237 e. The molecule has 18 heavy (non-hydrogen) atoms. The molecular formula is C13H19N3O2. The Morgan fingerprint density at radius 1 is 1.50 bits per heavy atom. The number of pyridine rings is 1. The van der Waals surface area contributed by atoms with Crippen molar-refractivity contribution in [1.82, 2.24) is 15.2 Å². The van der Waals surface area contributed by atoms with E-state index in [-0.39, 0.29) is 24.6 Å². The molecule has 0 bridgehead atoms. The molecule has 5 heteroatoms. The third kappa shape index (κ3) is 2.86. The van der Waals surface area contributed by atoms with E-state index in [1.165, 1.54) is 0 Å². The quantitative estimate of drug-likeness (QED) is 0.797. The number of amides is 1. The molecule has 2 heterocycles. The summed E-state index contributed by atoms with van der Waals surface area (Å²) in [6.45, 7) is 3.48. The molecule has 1 aliphatic heterocycles. The van der Waals surface area contributed by atoms with Gasteiger partial charge in [0, 0.05) is 38.1 Å². The van der Waals surface area contributed by atoms with Crippen LogP contribution in [0.3, 0.4) is 0 Å². The number of carbonyl (C=O) groups excluding carboxylic acids is 1. The van der Waals surface area contributed by atoms with Crippen LogP contribution in [0.1, 0.15) is 18.9 Å². The van der Waals surface area contributed by atoms with Crippen LogP contribution in [0.5, 0.6) is 0 Å². The van der Waals surface area contributed by atoms with Crippen LogP contribution in [-0.4, -0.2) is 46.1 Å². The Labute approximate surface area is 107 Å². The van der Waals surface area contributed by atoms with Crippen LogP contribution in [0, 0.1) is 0 Å². The van der Waals surface area contributed by atoms with Crippen molar-refractivity contribution >= 4 is 5.91 Å². The van der Waals surface area contributed by atoms with Gasteiger partial charge in [0.05, 0.1) is 6.04 Å². The number of rotatable bonds is 4. The van der Waals surface area contributed by atoms with Gasteiger partial charge in [0.2, 0.25) is 5.91 Å². The summed E-state index contributed by atoms with van der Waals surface area (Å²) < 4.78 is 0. The molecule has 0 spiro atoms. The first-order valence-corrected chi connectivity index (χ1v) is 6.25. The molecule has 0 radical (unpaired) electrons. The van der Waals surface area contributed by atoms with Crippen molar-refractivity contribution in [1.29, 1.82) is 0 Å². The maximum atomic E-state index is 11.9. The minimum Gasteiger partial charge on any atom is -0.396 e. The predicted molar refractivity (Wildman–Crippen MR) is 67.7 cm³/mol. The highest BCUT2D eigenvalue weighted by Crippen LogP contribution is 2.17. The molecule has 98 valence electrons. The van der Waals surface area contributed by atoms with Crippen molar-refractivity contribution in [3.05, 3.63) is 30.1 Å². The number of hydrogen-bond donors (Lipinski definition) is 2. The van der Waals surface area contributed by atoms with Crippen molar-refractivity contribution in [3.63, 3.8) is 0 Å². The van der Waals surface area contributed by atoms with Gasteiger partial charge in [-0.05, 0) is 31.0 Å². The lowest BCUT2D eigenvalue weighted by Crippen LogP contribution is -2.59. The van der Waals surface area contributed by atoms with Crippen LogP contribution in [0.15, 0.2) is 24.5 Å². The molecule has 0 aromatic carbocycles. The molecule has 5 nitrogen and oxygen atoms in total. The maximum Gasteiger partial charge on any atom is 0.237 e. The van der Waals surface area contributed by atoms with E-state index in [2.05, 4.69) is 22.1 Å². The summed E-state index contributed by atoms with van der Waals surface area (Å²) in [5, 5.41) is 12.0. The number of aliphatic hydroxyl groups is 1. The third-order valence-corrected chi connectivity index (χ3v) is 3.36. The van der Waals surface area contributed by atoms with Crippen LogP contribution in [0.25, 0.3) is 0 Å². The Bertz CT molecular complexity index is 396. The van der Waals surface area contributed by atoms with Crippen LogP contribution in [0.2, 0.25) is 0 Å². The largest absolute Gasteiger partial charge is 0.396 e. The van der Waals surface area contributed by atoms with Crippen molar-refractivity contribution in [2.45, 2.75) is 32.0 Å². The number of nitrogens with zero attached hydrogens (tertiary/aromatic N) is 2. The molecule has 1 aromatic rings. The number of carbonyl (C=O) groups is 1. The van der Waals surface area contributed by atoms with Gasteiger partial charge < -0.3 is 10.4 Å². The normalized spacial score (nSPS) is 24.9. The summed E-state index contributed by atoms with van der Waals surface area (Å²) in [5.41, 5.74) is 1.13. The Kier molecular flexibility index (Phi) is 4.28. The molecule has 2 rings (SSSR count). The molecule has 2 unspecified atom stereocenters. The molecule has 0 saturated carbocycles.